The van der Waals surface area contributed by atoms with Gasteiger partial charge in [0.25, 0.3) is 0 Å². The fourth-order valence-electron chi connectivity index (χ4n) is 0.655. The highest BCUT2D eigenvalue weighted by Gasteiger charge is 1.97. The van der Waals surface area contributed by atoms with Crippen molar-refractivity contribution >= 4 is 6.21 Å². The summed E-state index contributed by atoms with van der Waals surface area (Å²) in [6.45, 7) is 4.14. The van der Waals surface area contributed by atoms with Crippen LogP contribution in [0.4, 0.5) is 0 Å². The van der Waals surface area contributed by atoms with Crippen molar-refractivity contribution in [2.75, 3.05) is 0 Å². The minimum atomic E-state index is 0.486. The highest BCUT2D eigenvalue weighted by atomic mass is 14.3. The molecule has 0 saturated carbocycles. The molecule has 0 spiro atoms. The van der Waals surface area contributed by atoms with Gasteiger partial charge in [0.15, 0.2) is 0 Å². The standard InChI is InChI=1S/C7H14N/c1-3-5-7(4-2)6-8/h3,6-8H,4-5H2,1-2H3. The number of hydrogen-bond acceptors (Lipinski definition) is 1. The van der Waals surface area contributed by atoms with Crippen LogP contribution in [0.1, 0.15) is 26.7 Å². The van der Waals surface area contributed by atoms with Gasteiger partial charge in [-0.15, -0.1) is 0 Å². The Morgan fingerprint density at radius 3 is 2.38 bits per heavy atom. The summed E-state index contributed by atoms with van der Waals surface area (Å²) < 4.78 is 0. The van der Waals surface area contributed by atoms with Gasteiger partial charge in [0.2, 0.25) is 0 Å². The Bertz CT molecular complexity index is 59.4. The Morgan fingerprint density at radius 1 is 1.62 bits per heavy atom. The first-order valence-corrected chi connectivity index (χ1v) is 3.13. The van der Waals surface area contributed by atoms with Crippen LogP contribution in [0.5, 0.6) is 0 Å². The monoisotopic (exact) mass is 112 g/mol. The molecule has 0 bridgehead atoms. The van der Waals surface area contributed by atoms with E-state index in [2.05, 4.69) is 13.3 Å². The van der Waals surface area contributed by atoms with Crippen molar-refractivity contribution in [3.05, 3.63) is 6.42 Å². The van der Waals surface area contributed by atoms with Gasteiger partial charge in [-0.25, -0.2) is 0 Å². The molecule has 1 radical (unpaired) electrons. The van der Waals surface area contributed by atoms with E-state index in [0.29, 0.717) is 5.92 Å². The van der Waals surface area contributed by atoms with Crippen LogP contribution >= 0.6 is 0 Å². The fourth-order valence-corrected chi connectivity index (χ4v) is 0.655. The minimum absolute atomic E-state index is 0.486. The van der Waals surface area contributed by atoms with Gasteiger partial charge in [0, 0.05) is 0 Å². The van der Waals surface area contributed by atoms with Crippen LogP contribution in [0.3, 0.4) is 0 Å². The van der Waals surface area contributed by atoms with Crippen LogP contribution in [0.15, 0.2) is 0 Å². The van der Waals surface area contributed by atoms with Crippen LogP contribution in [0.25, 0.3) is 0 Å². The van der Waals surface area contributed by atoms with Crippen molar-refractivity contribution in [3.8, 4) is 0 Å². The van der Waals surface area contributed by atoms with Gasteiger partial charge in [0.05, 0.1) is 0 Å². The molecule has 0 aliphatic rings. The van der Waals surface area contributed by atoms with Crippen LogP contribution in [-0.4, -0.2) is 6.21 Å². The molecule has 0 aromatic carbocycles. The third kappa shape index (κ3) is 2.78. The second kappa shape index (κ2) is 4.82. The molecular weight excluding hydrogens is 98.1 g/mol. The molecule has 47 valence electrons. The lowest BCUT2D eigenvalue weighted by atomic mass is 10.0. The zero-order valence-corrected chi connectivity index (χ0v) is 5.65. The predicted octanol–water partition coefficient (Wildman–Crippen LogP) is 2.28. The largest absolute Gasteiger partial charge is 0.313 e. The smallest absolute Gasteiger partial charge is 0.00167 e. The highest BCUT2D eigenvalue weighted by Crippen LogP contribution is 2.05. The van der Waals surface area contributed by atoms with Crippen molar-refractivity contribution in [1.29, 1.82) is 5.41 Å². The van der Waals surface area contributed by atoms with E-state index in [4.69, 9.17) is 5.41 Å². The Morgan fingerprint density at radius 2 is 2.25 bits per heavy atom. The molecule has 1 heteroatoms. The third-order valence-corrected chi connectivity index (χ3v) is 1.30. The van der Waals surface area contributed by atoms with Crippen molar-refractivity contribution in [1.82, 2.24) is 0 Å². The Labute approximate surface area is 51.6 Å². The predicted molar refractivity (Wildman–Crippen MR) is 37.2 cm³/mol. The van der Waals surface area contributed by atoms with E-state index < -0.39 is 0 Å². The molecule has 0 aliphatic carbocycles. The average molecular weight is 112 g/mol. The molecule has 0 heterocycles. The Balaban J connectivity index is 3.21. The summed E-state index contributed by atoms with van der Waals surface area (Å²) in [5.41, 5.74) is 0. The molecule has 1 atom stereocenters. The molecule has 1 nitrogen and oxygen atoms in total. The zero-order chi connectivity index (χ0) is 6.41. The first-order chi connectivity index (χ1) is 3.85. The number of nitrogens with one attached hydrogen (secondary N) is 1. The van der Waals surface area contributed by atoms with Gasteiger partial charge in [-0.05, 0) is 31.4 Å². The van der Waals surface area contributed by atoms with Crippen LogP contribution in [0, 0.1) is 17.7 Å². The summed E-state index contributed by atoms with van der Waals surface area (Å²) in [6, 6.07) is 0. The molecule has 8 heavy (non-hydrogen) atoms. The van der Waals surface area contributed by atoms with Crippen LogP contribution in [0.2, 0.25) is 0 Å². The van der Waals surface area contributed by atoms with E-state index in [-0.39, 0.29) is 0 Å². The molecule has 0 aromatic heterocycles. The maximum Gasteiger partial charge on any atom is -0.00167 e. The van der Waals surface area contributed by atoms with Gasteiger partial charge >= 0.3 is 0 Å². The summed E-state index contributed by atoms with van der Waals surface area (Å²) in [7, 11) is 0. The van der Waals surface area contributed by atoms with Crippen molar-refractivity contribution in [2.45, 2.75) is 26.7 Å². The quantitative estimate of drug-likeness (QED) is 0.539. The molecule has 0 aliphatic heterocycles. The summed E-state index contributed by atoms with van der Waals surface area (Å²) in [5.74, 6) is 0.486. The number of hydrogen-bond donors (Lipinski definition) is 1. The first-order valence-electron chi connectivity index (χ1n) is 3.13. The van der Waals surface area contributed by atoms with Gasteiger partial charge < -0.3 is 5.41 Å². The van der Waals surface area contributed by atoms with Crippen molar-refractivity contribution in [2.24, 2.45) is 5.92 Å². The molecule has 0 amide bonds. The second-order valence-electron chi connectivity index (χ2n) is 1.98. The summed E-state index contributed by atoms with van der Waals surface area (Å²) in [5, 5.41) is 6.92. The molecule has 0 rings (SSSR count). The molecule has 1 unspecified atom stereocenters. The maximum absolute atomic E-state index is 6.92. The van der Waals surface area contributed by atoms with E-state index >= 15 is 0 Å². The normalized spacial score (nSPS) is 13.2. The summed E-state index contributed by atoms with van der Waals surface area (Å²) >= 11 is 0. The lowest BCUT2D eigenvalue weighted by molar-refractivity contribution is 0.664. The van der Waals surface area contributed by atoms with E-state index in [0.717, 1.165) is 12.8 Å². The Kier molecular flexibility index (Phi) is 4.62. The summed E-state index contributed by atoms with van der Waals surface area (Å²) in [4.78, 5) is 0. The van der Waals surface area contributed by atoms with Gasteiger partial charge in [-0.3, -0.25) is 0 Å². The van der Waals surface area contributed by atoms with E-state index in [1.54, 1.807) is 0 Å². The SMILES string of the molecule is C[CH]CC(C=N)CC. The molecule has 1 N–H and O–H groups in total. The van der Waals surface area contributed by atoms with Crippen molar-refractivity contribution < 1.29 is 0 Å². The summed E-state index contributed by atoms with van der Waals surface area (Å²) in [6.07, 6.45) is 5.78. The molecule has 0 saturated heterocycles. The molecule has 0 aromatic rings. The zero-order valence-electron chi connectivity index (χ0n) is 5.65. The average Bonchev–Trinajstić information content (AvgIpc) is 1.83. The fraction of sp³-hybridized carbons (Fsp3) is 0.714. The third-order valence-electron chi connectivity index (χ3n) is 1.30. The highest BCUT2D eigenvalue weighted by molar-refractivity contribution is 5.56. The van der Waals surface area contributed by atoms with E-state index in [1.165, 1.54) is 6.21 Å². The number of rotatable bonds is 4. The van der Waals surface area contributed by atoms with Gasteiger partial charge in [0.1, 0.15) is 0 Å². The maximum atomic E-state index is 6.92. The van der Waals surface area contributed by atoms with Crippen LogP contribution < -0.4 is 0 Å². The lowest BCUT2D eigenvalue weighted by Crippen LogP contribution is -1.97. The Hall–Kier alpha value is -0.330. The topological polar surface area (TPSA) is 23.9 Å². The van der Waals surface area contributed by atoms with Gasteiger partial charge in [-0.2, -0.15) is 0 Å². The van der Waals surface area contributed by atoms with Crippen LogP contribution in [-0.2, 0) is 0 Å². The molecular formula is C7H14N. The van der Waals surface area contributed by atoms with Gasteiger partial charge in [-0.1, -0.05) is 13.8 Å². The molecule has 0 fully saturated rings. The van der Waals surface area contributed by atoms with E-state index in [9.17, 15) is 0 Å². The second-order valence-corrected chi connectivity index (χ2v) is 1.98. The van der Waals surface area contributed by atoms with Crippen molar-refractivity contribution in [3.63, 3.8) is 0 Å². The van der Waals surface area contributed by atoms with E-state index in [1.807, 2.05) is 6.92 Å². The first kappa shape index (κ1) is 7.67. The lowest BCUT2D eigenvalue weighted by Gasteiger charge is -2.03. The minimum Gasteiger partial charge on any atom is -0.313 e.